The highest BCUT2D eigenvalue weighted by molar-refractivity contribution is 5.73. The van der Waals surface area contributed by atoms with Crippen LogP contribution in [0.3, 0.4) is 0 Å². The Hall–Kier alpha value is -3.29. The van der Waals surface area contributed by atoms with Crippen molar-refractivity contribution in [1.29, 1.82) is 0 Å². The fourth-order valence-corrected chi connectivity index (χ4v) is 4.98. The van der Waals surface area contributed by atoms with Gasteiger partial charge in [0.05, 0.1) is 30.6 Å². The first-order valence-electron chi connectivity index (χ1n) is 12.3. The summed E-state index contributed by atoms with van der Waals surface area (Å²) in [6.07, 6.45) is 2.19. The molecule has 0 aliphatic carbocycles. The van der Waals surface area contributed by atoms with Gasteiger partial charge in [-0.2, -0.15) is 0 Å². The summed E-state index contributed by atoms with van der Waals surface area (Å²) in [5.41, 5.74) is 0.677. The van der Waals surface area contributed by atoms with Crippen molar-refractivity contribution >= 4 is 5.91 Å². The summed E-state index contributed by atoms with van der Waals surface area (Å²) < 4.78 is 53.4. The van der Waals surface area contributed by atoms with Crippen LogP contribution in [0.1, 0.15) is 43.2 Å². The van der Waals surface area contributed by atoms with Crippen LogP contribution in [0.2, 0.25) is 0 Å². The number of piperidine rings is 1. The molecule has 38 heavy (non-hydrogen) atoms. The van der Waals surface area contributed by atoms with Gasteiger partial charge in [-0.25, -0.2) is 17.9 Å². The van der Waals surface area contributed by atoms with Gasteiger partial charge in [-0.3, -0.25) is 4.79 Å². The Morgan fingerprint density at radius 2 is 1.87 bits per heavy atom. The Morgan fingerprint density at radius 3 is 2.53 bits per heavy atom. The van der Waals surface area contributed by atoms with E-state index >= 15 is 0 Å². The number of carbonyl (C=O) groups excluding carboxylic acids is 1. The lowest BCUT2D eigenvalue weighted by atomic mass is 9.92. The van der Waals surface area contributed by atoms with Crippen LogP contribution in [0, 0.1) is 23.9 Å². The van der Waals surface area contributed by atoms with Gasteiger partial charge in [0.25, 0.3) is 0 Å². The van der Waals surface area contributed by atoms with Gasteiger partial charge in [0.1, 0.15) is 23.7 Å². The monoisotopic (exact) mass is 534 g/mol. The van der Waals surface area contributed by atoms with Crippen LogP contribution in [0.15, 0.2) is 28.9 Å². The molecular weight excluding hydrogens is 507 g/mol. The number of carbonyl (C=O) groups is 1. The molecular formula is C25H27F3N5O5. The number of hydrogen-bond acceptors (Lipinski definition) is 8. The first-order chi connectivity index (χ1) is 18.2. The van der Waals surface area contributed by atoms with Gasteiger partial charge in [-0.1, -0.05) is 10.4 Å². The molecule has 4 atom stereocenters. The molecule has 1 amide bonds. The molecule has 4 heterocycles. The van der Waals surface area contributed by atoms with E-state index in [9.17, 15) is 28.2 Å². The number of aliphatic hydroxyl groups excluding tert-OH is 2. The predicted octanol–water partition coefficient (Wildman–Crippen LogP) is 2.18. The second-order valence-electron chi connectivity index (χ2n) is 9.61. The van der Waals surface area contributed by atoms with Gasteiger partial charge in [0, 0.05) is 50.4 Å². The number of aromatic nitrogens is 4. The number of ether oxygens (including phenoxy) is 1. The Kier molecular flexibility index (Phi) is 7.50. The van der Waals surface area contributed by atoms with Crippen molar-refractivity contribution in [2.75, 3.05) is 19.7 Å². The van der Waals surface area contributed by atoms with Crippen molar-refractivity contribution in [1.82, 2.24) is 25.1 Å². The minimum absolute atomic E-state index is 0.0197. The van der Waals surface area contributed by atoms with E-state index in [4.69, 9.17) is 9.26 Å². The lowest BCUT2D eigenvalue weighted by Crippen LogP contribution is -2.48. The number of likely N-dealkylation sites (tertiary alicyclic amines) is 1. The molecule has 203 valence electrons. The van der Waals surface area contributed by atoms with Crippen LogP contribution in [0.5, 0.6) is 0 Å². The van der Waals surface area contributed by atoms with E-state index in [-0.39, 0.29) is 23.1 Å². The van der Waals surface area contributed by atoms with Crippen LogP contribution >= 0.6 is 0 Å². The number of nitrogens with zero attached hydrogens (tertiary/aromatic N) is 5. The van der Waals surface area contributed by atoms with Gasteiger partial charge < -0.3 is 24.4 Å². The van der Waals surface area contributed by atoms with Gasteiger partial charge in [-0.05, 0) is 25.0 Å². The van der Waals surface area contributed by atoms with Gasteiger partial charge >= 0.3 is 0 Å². The summed E-state index contributed by atoms with van der Waals surface area (Å²) in [7, 11) is 0. The maximum Gasteiger partial charge on any atom is 0.219 e. The van der Waals surface area contributed by atoms with Gasteiger partial charge in [0.15, 0.2) is 17.5 Å². The highest BCUT2D eigenvalue weighted by atomic mass is 19.2. The van der Waals surface area contributed by atoms with Crippen LogP contribution < -0.4 is 0 Å². The Bertz CT molecular complexity index is 1270. The summed E-state index contributed by atoms with van der Waals surface area (Å²) in [6, 6.07) is 2.68. The molecule has 0 spiro atoms. The van der Waals surface area contributed by atoms with Gasteiger partial charge in [-0.15, -0.1) is 5.10 Å². The second-order valence-corrected chi connectivity index (χ2v) is 9.61. The molecule has 3 aromatic rings. The number of benzene rings is 1. The Morgan fingerprint density at radius 1 is 1.16 bits per heavy atom. The van der Waals surface area contributed by atoms with Crippen molar-refractivity contribution in [2.24, 2.45) is 0 Å². The number of aliphatic hydroxyl groups is 2. The molecule has 2 aliphatic heterocycles. The van der Waals surface area contributed by atoms with Crippen LogP contribution in [0.25, 0.3) is 11.3 Å². The van der Waals surface area contributed by atoms with E-state index in [2.05, 4.69) is 15.5 Å². The maximum atomic E-state index is 13.7. The van der Waals surface area contributed by atoms with Crippen molar-refractivity contribution in [3.8, 4) is 11.3 Å². The standard InChI is InChI=1S/C25H27F3N5O5/c1-13(35)32-4-2-14(3-5-32)22-9-16(30-38-22)8-17-10-21(25(36)23(12-34)37-17)33-11-20(29-31-33)15-6-18(26)24(28)19(27)7-15/h6-7,9-11,14,17,21,23,25,34,36H,2-5,8,12H2,1H3/t17-,21-,23+,25+/m0/s1. The maximum absolute atomic E-state index is 13.7. The van der Waals surface area contributed by atoms with E-state index in [1.165, 1.54) is 10.9 Å². The average molecular weight is 535 g/mol. The number of halogens is 3. The predicted molar refractivity (Wildman–Crippen MR) is 125 cm³/mol. The van der Waals surface area contributed by atoms with Crippen LogP contribution in [0.4, 0.5) is 13.2 Å². The molecule has 5 rings (SSSR count). The number of rotatable bonds is 6. The molecule has 2 N–H and O–H groups in total. The third kappa shape index (κ3) is 5.31. The fraction of sp³-hybridized carbons (Fsp3) is 0.480. The molecule has 10 nitrogen and oxygen atoms in total. The van der Waals surface area contributed by atoms with Crippen molar-refractivity contribution in [3.63, 3.8) is 0 Å². The van der Waals surface area contributed by atoms with Crippen molar-refractivity contribution in [2.45, 2.75) is 56.5 Å². The molecule has 2 fully saturated rings. The van der Waals surface area contributed by atoms with E-state index in [1.54, 1.807) is 18.2 Å². The second kappa shape index (κ2) is 10.8. The molecule has 2 saturated heterocycles. The lowest BCUT2D eigenvalue weighted by Gasteiger charge is -2.38. The molecule has 2 aliphatic rings. The third-order valence-corrected chi connectivity index (χ3v) is 7.10. The van der Waals surface area contributed by atoms with Crippen LogP contribution in [-0.2, 0) is 16.0 Å². The molecule has 13 heteroatoms. The molecule has 1 radical (unpaired) electrons. The van der Waals surface area contributed by atoms with Crippen LogP contribution in [-0.4, -0.2) is 79.2 Å². The first-order valence-corrected chi connectivity index (χ1v) is 12.3. The minimum Gasteiger partial charge on any atom is -0.394 e. The zero-order valence-corrected chi connectivity index (χ0v) is 20.5. The third-order valence-electron chi connectivity index (χ3n) is 7.10. The summed E-state index contributed by atoms with van der Waals surface area (Å²) >= 11 is 0. The van der Waals surface area contributed by atoms with E-state index < -0.39 is 48.4 Å². The summed E-state index contributed by atoms with van der Waals surface area (Å²) in [6.45, 7) is 2.41. The lowest BCUT2D eigenvalue weighted by molar-refractivity contribution is -0.131. The summed E-state index contributed by atoms with van der Waals surface area (Å²) in [5, 5.41) is 32.6. The Labute approximate surface area is 216 Å². The summed E-state index contributed by atoms with van der Waals surface area (Å²) in [5.74, 6) is -3.36. The normalized spacial score (nSPS) is 24.6. The highest BCUT2D eigenvalue weighted by Crippen LogP contribution is 2.33. The minimum atomic E-state index is -1.58. The number of amides is 1. The largest absolute Gasteiger partial charge is 0.394 e. The summed E-state index contributed by atoms with van der Waals surface area (Å²) in [4.78, 5) is 13.4. The SMILES string of the molecule is CC(=O)N1CCC(c2cc(C[C@H]3[CH][C@H](n4cc(-c5cc(F)c(F)c(F)c5)nn4)[C@@H](O)[C@@H](CO)O3)no2)CC1. The first kappa shape index (κ1) is 26.3. The average Bonchev–Trinajstić information content (AvgIpc) is 3.58. The number of hydrogen-bond donors (Lipinski definition) is 2. The molecule has 0 unspecified atom stereocenters. The highest BCUT2D eigenvalue weighted by Gasteiger charge is 2.40. The molecule has 0 saturated carbocycles. The zero-order chi connectivity index (χ0) is 27.0. The van der Waals surface area contributed by atoms with Gasteiger partial charge in [0.2, 0.25) is 5.91 Å². The smallest absolute Gasteiger partial charge is 0.219 e. The Balaban J connectivity index is 1.29. The molecule has 2 aromatic heterocycles. The van der Waals surface area contributed by atoms with Crippen molar-refractivity contribution in [3.05, 3.63) is 59.7 Å². The van der Waals surface area contributed by atoms with E-state index in [0.717, 1.165) is 30.7 Å². The van der Waals surface area contributed by atoms with Crippen molar-refractivity contribution < 1.29 is 37.4 Å². The zero-order valence-electron chi connectivity index (χ0n) is 20.5. The quantitative estimate of drug-likeness (QED) is 0.461. The molecule has 0 bridgehead atoms. The molecule has 1 aromatic carbocycles. The van der Waals surface area contributed by atoms with E-state index in [1.807, 2.05) is 6.07 Å². The topological polar surface area (TPSA) is 127 Å². The van der Waals surface area contributed by atoms with E-state index in [0.29, 0.717) is 25.2 Å². The fourth-order valence-electron chi connectivity index (χ4n) is 4.98.